The first-order valence-electron chi connectivity index (χ1n) is 31.0. The molecule has 0 heterocycles. The second kappa shape index (κ2) is 46.5. The van der Waals surface area contributed by atoms with Gasteiger partial charge in [-0.15, -0.1) is 0 Å². The summed E-state index contributed by atoms with van der Waals surface area (Å²) in [5.74, 6) is -4.99. The normalized spacial score (nSPS) is 10.3. The number of rotatable bonds is 39. The van der Waals surface area contributed by atoms with E-state index in [0.717, 1.165) is 11.1 Å². The quantitative estimate of drug-likeness (QED) is 0.0197. The Bertz CT molecular complexity index is 3090. The molecule has 24 nitrogen and oxygen atoms in total. The number of carbonyl (C=O) groups excluding carboxylic acids is 11. The van der Waals surface area contributed by atoms with E-state index in [9.17, 15) is 52.7 Å². The van der Waals surface area contributed by atoms with E-state index in [0.29, 0.717) is 41.1 Å². The zero-order chi connectivity index (χ0) is 77.3. The molecule has 0 aliphatic heterocycles. The highest BCUT2D eigenvalue weighted by Gasteiger charge is 2.39. The van der Waals surface area contributed by atoms with Crippen molar-refractivity contribution < 1.29 is 114 Å². The summed E-state index contributed by atoms with van der Waals surface area (Å²) in [6.07, 6.45) is 0.903. The Morgan fingerprint density at radius 3 is 0.700 bits per heavy atom. The maximum atomic E-state index is 11.8. The van der Waals surface area contributed by atoms with Crippen LogP contribution >= 0.6 is 0 Å². The van der Waals surface area contributed by atoms with Crippen LogP contribution in [0.1, 0.15) is 121 Å². The van der Waals surface area contributed by atoms with Gasteiger partial charge in [-0.1, -0.05) is 117 Å². The van der Waals surface area contributed by atoms with Gasteiger partial charge >= 0.3 is 65.7 Å². The molecule has 100 heavy (non-hydrogen) atoms. The van der Waals surface area contributed by atoms with Crippen molar-refractivity contribution in [2.75, 3.05) is 79.5 Å². The second-order valence-electron chi connectivity index (χ2n) is 23.9. The van der Waals surface area contributed by atoms with Crippen LogP contribution in [0.3, 0.4) is 0 Å². The summed E-state index contributed by atoms with van der Waals surface area (Å²) in [6.45, 7) is 60.2. The highest BCUT2D eigenvalue weighted by molar-refractivity contribution is 5.91. The van der Waals surface area contributed by atoms with Crippen molar-refractivity contribution in [2.45, 2.75) is 115 Å². The molecule has 0 N–H and O–H groups in total. The number of ether oxygens (including phenoxy) is 13. The highest BCUT2D eigenvalue weighted by atomic mass is 16.7. The predicted molar refractivity (Wildman–Crippen MR) is 374 cm³/mol. The predicted octanol–water partition coefficient (Wildman–Crippen LogP) is 11.8. The standard InChI is InChI=1S/C27H32O6.C21H28O8.C19H28O6.C9H12O4/c1-19(2)25(28)32-17-15-30-23-11-7-21(8-12-23)27(5,6)22-9-13-24(14-10-22)31-16-18-33-26(29)20(3)4;1-13(2)17(22)26-9-21(10-27-18(23)14(3)4,11-28-19(24)15(5)6)12-29-20(25)16(7)8;1-8-19(11-24-17(21)14(4)5,12-25-18(22)15(6)7)9-10-23-16(20)13(2)3;1-6(2)8(10)12-5-13-9(11)7(3)4/h7-14H,1,3,15-18H2,2,4-6H3;1,3,5,7,9-12H2,2,4,6,8H3;2,4,6,8-12H2,1,3,5,7H3;1,3,5H2,2,4H3. The topological polar surface area (TPSA) is 308 Å². The molecule has 0 amide bonds. The lowest BCUT2D eigenvalue weighted by Gasteiger charge is -2.31. The molecule has 24 heteroatoms. The fourth-order valence-corrected chi connectivity index (χ4v) is 6.67. The van der Waals surface area contributed by atoms with E-state index in [1.807, 2.05) is 55.5 Å². The first-order valence-corrected chi connectivity index (χ1v) is 31.0. The van der Waals surface area contributed by atoms with E-state index in [1.165, 1.54) is 41.5 Å². The molecule has 2 rings (SSSR count). The molecule has 0 saturated heterocycles. The van der Waals surface area contributed by atoms with E-state index in [4.69, 9.17) is 52.1 Å². The molecule has 0 aliphatic carbocycles. The van der Waals surface area contributed by atoms with E-state index in [-0.39, 0.29) is 123 Å². The van der Waals surface area contributed by atoms with Crippen LogP contribution < -0.4 is 9.47 Å². The number of carbonyl (C=O) groups is 11. The van der Waals surface area contributed by atoms with E-state index >= 15 is 0 Å². The minimum Gasteiger partial charge on any atom is -0.490 e. The fourth-order valence-electron chi connectivity index (χ4n) is 6.67. The van der Waals surface area contributed by atoms with Crippen molar-refractivity contribution in [2.24, 2.45) is 10.8 Å². The summed E-state index contributed by atoms with van der Waals surface area (Å²) in [5, 5.41) is 0. The Hall–Kier alpha value is -10.7. The Morgan fingerprint density at radius 1 is 0.280 bits per heavy atom. The van der Waals surface area contributed by atoms with Gasteiger partial charge in [0.15, 0.2) is 0 Å². The monoisotopic (exact) mass is 1400 g/mol. The molecule has 548 valence electrons. The van der Waals surface area contributed by atoms with Crippen LogP contribution in [0.25, 0.3) is 0 Å². The van der Waals surface area contributed by atoms with Crippen LogP contribution in [0, 0.1) is 10.8 Å². The van der Waals surface area contributed by atoms with Crippen molar-refractivity contribution in [3.05, 3.63) is 193 Å². The molecule has 0 fully saturated rings. The summed E-state index contributed by atoms with van der Waals surface area (Å²) >= 11 is 0. The first kappa shape index (κ1) is 91.4. The van der Waals surface area contributed by atoms with Gasteiger partial charge in [0.25, 0.3) is 0 Å². The summed E-state index contributed by atoms with van der Waals surface area (Å²) in [7, 11) is 0. The molecule has 0 bridgehead atoms. The molecular weight excluding hydrogens is 1300 g/mol. The number of esters is 11. The van der Waals surface area contributed by atoms with Crippen LogP contribution in [0.4, 0.5) is 0 Å². The first-order chi connectivity index (χ1) is 46.4. The van der Waals surface area contributed by atoms with Gasteiger partial charge in [-0.05, 0) is 124 Å². The van der Waals surface area contributed by atoms with Crippen molar-refractivity contribution >= 4 is 65.7 Å². The van der Waals surface area contributed by atoms with Gasteiger partial charge in [-0.3, -0.25) is 0 Å². The van der Waals surface area contributed by atoms with Crippen LogP contribution in [0.15, 0.2) is 182 Å². The molecule has 0 aliphatic rings. The molecule has 2 aromatic carbocycles. The lowest BCUT2D eigenvalue weighted by molar-refractivity contribution is -0.166. The van der Waals surface area contributed by atoms with Gasteiger partial charge in [0, 0.05) is 72.1 Å². The zero-order valence-electron chi connectivity index (χ0n) is 60.6. The second-order valence-corrected chi connectivity index (χ2v) is 23.9. The zero-order valence-corrected chi connectivity index (χ0v) is 60.6. The van der Waals surface area contributed by atoms with Gasteiger partial charge in [0.05, 0.1) is 6.61 Å². The maximum absolute atomic E-state index is 11.8. The Balaban J connectivity index is 0. The Morgan fingerprint density at radius 2 is 0.480 bits per heavy atom. The minimum absolute atomic E-state index is 0.0171. The van der Waals surface area contributed by atoms with Gasteiger partial charge in [-0.2, -0.15) is 0 Å². The lowest BCUT2D eigenvalue weighted by Crippen LogP contribution is -2.44. The average Bonchev–Trinajstić information content (AvgIpc) is 0.813. The molecule has 0 saturated carbocycles. The van der Waals surface area contributed by atoms with Crippen LogP contribution in [0.5, 0.6) is 11.5 Å². The van der Waals surface area contributed by atoms with Gasteiger partial charge in [-0.25, -0.2) is 52.7 Å². The maximum Gasteiger partial charge on any atom is 0.335 e. The van der Waals surface area contributed by atoms with Crippen molar-refractivity contribution in [1.82, 2.24) is 0 Å². The van der Waals surface area contributed by atoms with E-state index in [2.05, 4.69) is 95.7 Å². The number of hydrogen-bond acceptors (Lipinski definition) is 24. The van der Waals surface area contributed by atoms with Crippen molar-refractivity contribution in [3.8, 4) is 11.5 Å². The molecule has 2 aromatic rings. The summed E-state index contributed by atoms with van der Waals surface area (Å²) in [6, 6.07) is 15.7. The number of hydrogen-bond donors (Lipinski definition) is 0. The van der Waals surface area contributed by atoms with Gasteiger partial charge in [0.2, 0.25) is 6.79 Å². The summed E-state index contributed by atoms with van der Waals surface area (Å²) in [5.41, 5.74) is 2.61. The van der Waals surface area contributed by atoms with Crippen LogP contribution in [0.2, 0.25) is 0 Å². The molecule has 0 atom stereocenters. The summed E-state index contributed by atoms with van der Waals surface area (Å²) < 4.78 is 66.6. The van der Waals surface area contributed by atoms with Gasteiger partial charge in [0.1, 0.15) is 83.0 Å². The SMILES string of the molecule is C=C(C)C(=O)OCC(COC(=O)C(=C)C)(COC(=O)C(=C)C)COC(=O)C(=C)C.C=C(C)C(=O)OCCC(CC)(COC(=O)C(=C)C)COC(=O)C(=C)C.C=C(C)C(=O)OCCOc1ccc(C(C)(C)c2ccc(OCCOC(=O)C(=C)C)cc2)cc1.C=C(C)C(=O)OCOC(=O)C(=C)C. The van der Waals surface area contributed by atoms with Crippen molar-refractivity contribution in [1.29, 1.82) is 0 Å². The molecular formula is C76H100O24. The average molecular weight is 1400 g/mol. The third-order valence-corrected chi connectivity index (χ3v) is 13.2. The van der Waals surface area contributed by atoms with Crippen molar-refractivity contribution in [3.63, 3.8) is 0 Å². The highest BCUT2D eigenvalue weighted by Crippen LogP contribution is 2.34. The Labute approximate surface area is 588 Å². The number of benzene rings is 2. The minimum atomic E-state index is -1.37. The van der Waals surface area contributed by atoms with E-state index in [1.54, 1.807) is 34.6 Å². The summed E-state index contributed by atoms with van der Waals surface area (Å²) in [4.78, 5) is 127. The molecule has 0 spiro atoms. The van der Waals surface area contributed by atoms with Gasteiger partial charge < -0.3 is 61.6 Å². The van der Waals surface area contributed by atoms with E-state index < -0.39 is 83.3 Å². The third kappa shape index (κ3) is 37.8. The molecule has 0 radical (unpaired) electrons. The smallest absolute Gasteiger partial charge is 0.335 e. The molecule has 0 unspecified atom stereocenters. The Kier molecular flexibility index (Phi) is 42.5. The molecule has 0 aromatic heterocycles. The van der Waals surface area contributed by atoms with Crippen LogP contribution in [-0.4, -0.2) is 145 Å². The van der Waals surface area contributed by atoms with Crippen LogP contribution in [-0.2, 0) is 110 Å². The fraction of sp³-hybridized carbons (Fsp3) is 0.408. The third-order valence-electron chi connectivity index (χ3n) is 13.2. The lowest BCUT2D eigenvalue weighted by atomic mass is 9.78. The largest absolute Gasteiger partial charge is 0.490 e.